The fraction of sp³-hybridized carbons (Fsp3) is 0.333. The van der Waals surface area contributed by atoms with E-state index in [9.17, 15) is 34.5 Å². The Bertz CT molecular complexity index is 1400. The maximum Gasteiger partial charge on any atom is 0.326 e. The second kappa shape index (κ2) is 16.1. The van der Waals surface area contributed by atoms with E-state index in [1.54, 1.807) is 55.5 Å². The summed E-state index contributed by atoms with van der Waals surface area (Å²) < 4.78 is 0. The number of phenolic OH excluding ortho intramolecular Hbond substituents is 2. The van der Waals surface area contributed by atoms with Crippen LogP contribution in [-0.4, -0.2) is 63.2 Å². The van der Waals surface area contributed by atoms with Gasteiger partial charge < -0.3 is 37.0 Å². The molecule has 11 nitrogen and oxygen atoms in total. The Morgan fingerprint density at radius 3 is 1.57 bits per heavy atom. The van der Waals surface area contributed by atoms with Gasteiger partial charge in [0.2, 0.25) is 17.7 Å². The quantitative estimate of drug-likeness (QED) is 0.137. The third kappa shape index (κ3) is 10.1. The van der Waals surface area contributed by atoms with Crippen LogP contribution >= 0.6 is 0 Å². The van der Waals surface area contributed by atoms with Crippen LogP contribution in [0.1, 0.15) is 37.0 Å². The lowest BCUT2D eigenvalue weighted by Gasteiger charge is -2.27. The van der Waals surface area contributed by atoms with Crippen LogP contribution in [0.4, 0.5) is 0 Å². The van der Waals surface area contributed by atoms with Crippen molar-refractivity contribution in [1.29, 1.82) is 0 Å². The molecular formula is C33H40N4O7. The minimum Gasteiger partial charge on any atom is -0.508 e. The van der Waals surface area contributed by atoms with Gasteiger partial charge in [0.1, 0.15) is 29.6 Å². The molecule has 0 fully saturated rings. The number of hydrogen-bond donors (Lipinski definition) is 7. The fourth-order valence-corrected chi connectivity index (χ4v) is 4.60. The van der Waals surface area contributed by atoms with E-state index in [4.69, 9.17) is 5.73 Å². The first-order valence-corrected chi connectivity index (χ1v) is 14.5. The van der Waals surface area contributed by atoms with E-state index in [2.05, 4.69) is 16.0 Å². The molecule has 3 amide bonds. The SMILES string of the molecule is CCC(C)C(NC(=O)C(Cc1ccc(O)cc1)NC(=O)C(Cc1ccccc1)NC(=O)C(N)Cc1ccc(O)cc1)C(=O)O. The number of carboxylic acid groups (broad SMARTS) is 1. The topological polar surface area (TPSA) is 191 Å². The number of phenols is 2. The molecule has 0 spiro atoms. The zero-order chi connectivity index (χ0) is 32.2. The Morgan fingerprint density at radius 1 is 0.659 bits per heavy atom. The van der Waals surface area contributed by atoms with Gasteiger partial charge in [0.15, 0.2) is 0 Å². The highest BCUT2D eigenvalue weighted by Crippen LogP contribution is 2.14. The van der Waals surface area contributed by atoms with E-state index in [1.807, 2.05) is 13.0 Å². The summed E-state index contributed by atoms with van der Waals surface area (Å²) in [4.78, 5) is 52.3. The van der Waals surface area contributed by atoms with Crippen LogP contribution < -0.4 is 21.7 Å². The first-order chi connectivity index (χ1) is 21.0. The zero-order valence-corrected chi connectivity index (χ0v) is 24.8. The highest BCUT2D eigenvalue weighted by molar-refractivity contribution is 5.94. The smallest absolute Gasteiger partial charge is 0.326 e. The number of carbonyl (C=O) groups is 4. The molecule has 3 aromatic carbocycles. The highest BCUT2D eigenvalue weighted by Gasteiger charge is 2.32. The van der Waals surface area contributed by atoms with E-state index in [0.29, 0.717) is 12.0 Å². The number of carboxylic acids is 1. The van der Waals surface area contributed by atoms with Gasteiger partial charge in [-0.25, -0.2) is 4.79 Å². The van der Waals surface area contributed by atoms with Crippen molar-refractivity contribution in [3.8, 4) is 11.5 Å². The van der Waals surface area contributed by atoms with Crippen LogP contribution in [0.25, 0.3) is 0 Å². The molecule has 8 N–H and O–H groups in total. The summed E-state index contributed by atoms with van der Waals surface area (Å²) in [6, 6.07) is 16.9. The molecule has 5 atom stereocenters. The number of rotatable bonds is 15. The number of nitrogens with one attached hydrogen (secondary N) is 3. The second-order valence-corrected chi connectivity index (χ2v) is 10.9. The largest absolute Gasteiger partial charge is 0.508 e. The first kappa shape index (κ1) is 33.6. The Kier molecular flexibility index (Phi) is 12.3. The van der Waals surface area contributed by atoms with Gasteiger partial charge >= 0.3 is 5.97 Å². The third-order valence-electron chi connectivity index (χ3n) is 7.43. The van der Waals surface area contributed by atoms with Crippen molar-refractivity contribution in [1.82, 2.24) is 16.0 Å². The minimum atomic E-state index is -1.20. The van der Waals surface area contributed by atoms with Gasteiger partial charge in [0.05, 0.1) is 6.04 Å². The Balaban J connectivity index is 1.84. The van der Waals surface area contributed by atoms with Crippen molar-refractivity contribution in [2.75, 3.05) is 0 Å². The molecule has 0 radical (unpaired) electrons. The summed E-state index contributed by atoms with van der Waals surface area (Å²) in [5, 5.41) is 36.9. The highest BCUT2D eigenvalue weighted by atomic mass is 16.4. The molecular weight excluding hydrogens is 564 g/mol. The van der Waals surface area contributed by atoms with Crippen LogP contribution in [-0.2, 0) is 38.4 Å². The van der Waals surface area contributed by atoms with Crippen molar-refractivity contribution in [3.05, 3.63) is 95.6 Å². The zero-order valence-electron chi connectivity index (χ0n) is 24.8. The molecule has 234 valence electrons. The maximum atomic E-state index is 13.7. The molecule has 0 saturated heterocycles. The van der Waals surface area contributed by atoms with Crippen LogP contribution in [0, 0.1) is 5.92 Å². The van der Waals surface area contributed by atoms with Crippen molar-refractivity contribution in [2.24, 2.45) is 11.7 Å². The molecule has 0 heterocycles. The normalized spacial score (nSPS) is 14.3. The van der Waals surface area contributed by atoms with Crippen molar-refractivity contribution in [2.45, 2.75) is 63.7 Å². The van der Waals surface area contributed by atoms with Crippen LogP contribution in [0.15, 0.2) is 78.9 Å². The average molecular weight is 605 g/mol. The van der Waals surface area contributed by atoms with Crippen LogP contribution in [0.5, 0.6) is 11.5 Å². The van der Waals surface area contributed by atoms with Crippen molar-refractivity contribution < 1.29 is 34.5 Å². The lowest BCUT2D eigenvalue weighted by Crippen LogP contribution is -2.58. The molecule has 0 aromatic heterocycles. The number of carbonyl (C=O) groups excluding carboxylic acids is 3. The third-order valence-corrected chi connectivity index (χ3v) is 7.43. The standard InChI is InChI=1S/C33H40N4O7/c1-3-20(2)29(33(43)44)37-32(42)28(19-23-11-15-25(39)16-12-23)36-31(41)27(18-21-7-5-4-6-8-21)35-30(40)26(34)17-22-9-13-24(38)14-10-22/h4-16,20,26-29,38-39H,3,17-19,34H2,1-2H3,(H,35,40)(H,36,41)(H,37,42)(H,43,44). The van der Waals surface area contributed by atoms with Gasteiger partial charge in [0.25, 0.3) is 0 Å². The van der Waals surface area contributed by atoms with Gasteiger partial charge in [0, 0.05) is 12.8 Å². The van der Waals surface area contributed by atoms with E-state index in [0.717, 1.165) is 11.1 Å². The average Bonchev–Trinajstić information content (AvgIpc) is 3.01. The fourth-order valence-electron chi connectivity index (χ4n) is 4.60. The Labute approximate surface area is 256 Å². The maximum absolute atomic E-state index is 13.7. The number of amides is 3. The lowest BCUT2D eigenvalue weighted by atomic mass is 9.97. The molecule has 3 rings (SSSR count). The molecule has 0 aliphatic carbocycles. The number of aromatic hydroxyl groups is 2. The molecule has 3 aromatic rings. The van der Waals surface area contributed by atoms with Gasteiger partial charge in [-0.2, -0.15) is 0 Å². The minimum absolute atomic E-state index is 0.00291. The Morgan fingerprint density at radius 2 is 1.09 bits per heavy atom. The molecule has 0 aliphatic rings. The second-order valence-electron chi connectivity index (χ2n) is 10.9. The van der Waals surface area contributed by atoms with E-state index < -0.39 is 47.9 Å². The van der Waals surface area contributed by atoms with E-state index in [-0.39, 0.29) is 36.7 Å². The molecule has 0 bridgehead atoms. The Hall–Kier alpha value is -4.90. The van der Waals surface area contributed by atoms with Gasteiger partial charge in [-0.3, -0.25) is 14.4 Å². The molecule has 0 aliphatic heterocycles. The first-order valence-electron chi connectivity index (χ1n) is 14.5. The molecule has 0 saturated carbocycles. The molecule has 5 unspecified atom stereocenters. The number of hydrogen-bond acceptors (Lipinski definition) is 7. The van der Waals surface area contributed by atoms with E-state index in [1.165, 1.54) is 24.3 Å². The summed E-state index contributed by atoms with van der Waals surface area (Å²) in [7, 11) is 0. The molecule has 44 heavy (non-hydrogen) atoms. The predicted molar refractivity (Wildman–Crippen MR) is 165 cm³/mol. The van der Waals surface area contributed by atoms with Crippen molar-refractivity contribution >= 4 is 23.7 Å². The van der Waals surface area contributed by atoms with Crippen LogP contribution in [0.3, 0.4) is 0 Å². The summed E-state index contributed by atoms with van der Waals surface area (Å²) in [5.74, 6) is -3.41. The summed E-state index contributed by atoms with van der Waals surface area (Å²) in [6.07, 6.45) is 0.755. The monoisotopic (exact) mass is 604 g/mol. The van der Waals surface area contributed by atoms with Crippen LogP contribution in [0.2, 0.25) is 0 Å². The van der Waals surface area contributed by atoms with E-state index >= 15 is 0 Å². The van der Waals surface area contributed by atoms with Gasteiger partial charge in [-0.15, -0.1) is 0 Å². The summed E-state index contributed by atoms with van der Waals surface area (Å²) in [5.41, 5.74) is 8.25. The summed E-state index contributed by atoms with van der Waals surface area (Å²) >= 11 is 0. The number of aliphatic carboxylic acids is 1. The van der Waals surface area contributed by atoms with Gasteiger partial charge in [-0.1, -0.05) is 74.9 Å². The summed E-state index contributed by atoms with van der Waals surface area (Å²) in [6.45, 7) is 3.52. The lowest BCUT2D eigenvalue weighted by molar-refractivity contribution is -0.143. The number of benzene rings is 3. The molecule has 11 heteroatoms. The number of nitrogens with two attached hydrogens (primary N) is 1. The van der Waals surface area contributed by atoms with Gasteiger partial charge in [-0.05, 0) is 53.3 Å². The van der Waals surface area contributed by atoms with Crippen molar-refractivity contribution in [3.63, 3.8) is 0 Å². The predicted octanol–water partition coefficient (Wildman–Crippen LogP) is 2.04.